The zero-order valence-corrected chi connectivity index (χ0v) is 8.06. The molecule has 68 valence electrons. The molecule has 1 nitrogen and oxygen atoms in total. The Bertz CT molecular complexity index is 188. The topological polar surface area (TPSA) is 20.2 Å². The van der Waals surface area contributed by atoms with Crippen LogP contribution in [-0.4, -0.2) is 10.7 Å². The fourth-order valence-corrected chi connectivity index (χ4v) is 1.03. The van der Waals surface area contributed by atoms with Crippen molar-refractivity contribution in [1.29, 1.82) is 0 Å². The maximum absolute atomic E-state index is 9.68. The van der Waals surface area contributed by atoms with Crippen molar-refractivity contribution in [1.82, 2.24) is 0 Å². The van der Waals surface area contributed by atoms with Crippen molar-refractivity contribution < 1.29 is 5.11 Å². The molecule has 1 atom stereocenters. The summed E-state index contributed by atoms with van der Waals surface area (Å²) in [5.41, 5.74) is 0.251. The molecule has 0 aromatic carbocycles. The summed E-state index contributed by atoms with van der Waals surface area (Å²) in [4.78, 5) is 0. The van der Waals surface area contributed by atoms with Crippen LogP contribution in [0.4, 0.5) is 0 Å². The van der Waals surface area contributed by atoms with Crippen LogP contribution in [0.3, 0.4) is 0 Å². The zero-order chi connectivity index (χ0) is 9.61. The van der Waals surface area contributed by atoms with Crippen LogP contribution in [-0.2, 0) is 0 Å². The predicted octanol–water partition coefficient (Wildman–Crippen LogP) is 2.51. The Labute approximate surface area is 75.5 Å². The molecule has 0 aromatic heterocycles. The zero-order valence-electron chi connectivity index (χ0n) is 8.06. The lowest BCUT2D eigenvalue weighted by molar-refractivity contribution is 0.0856. The van der Waals surface area contributed by atoms with Crippen molar-refractivity contribution in [2.24, 2.45) is 0 Å². The van der Waals surface area contributed by atoms with Crippen LogP contribution in [0.15, 0.2) is 12.2 Å². The van der Waals surface area contributed by atoms with E-state index < -0.39 is 5.60 Å². The molecule has 0 saturated heterocycles. The minimum atomic E-state index is -0.893. The minimum absolute atomic E-state index is 0.625. The first-order valence-electron chi connectivity index (χ1n) is 4.38. The molecule has 0 amide bonds. The summed E-state index contributed by atoms with van der Waals surface area (Å²) in [6.45, 7) is 7.68. The molecule has 1 N–H and O–H groups in total. The molecule has 0 spiro atoms. The number of hydrogen-bond donors (Lipinski definition) is 1. The standard InChI is InChI=1S/C11H18O/c1-5-11(12,6-2)9-7-8-10(3)4/h1,12H,3,6-9H2,2,4H3. The van der Waals surface area contributed by atoms with Gasteiger partial charge in [-0.15, -0.1) is 13.0 Å². The van der Waals surface area contributed by atoms with Crippen LogP contribution in [0.25, 0.3) is 0 Å². The van der Waals surface area contributed by atoms with Crippen molar-refractivity contribution in [2.75, 3.05) is 0 Å². The molecule has 0 heterocycles. The van der Waals surface area contributed by atoms with E-state index in [9.17, 15) is 5.11 Å². The highest BCUT2D eigenvalue weighted by Crippen LogP contribution is 2.18. The van der Waals surface area contributed by atoms with Gasteiger partial charge in [-0.2, -0.15) is 0 Å². The Balaban J connectivity index is 3.76. The monoisotopic (exact) mass is 166 g/mol. The molecule has 12 heavy (non-hydrogen) atoms. The molecule has 1 heteroatoms. The lowest BCUT2D eigenvalue weighted by atomic mass is 9.94. The molecule has 0 aliphatic carbocycles. The highest BCUT2D eigenvalue weighted by molar-refractivity contribution is 5.06. The van der Waals surface area contributed by atoms with E-state index in [1.807, 2.05) is 13.8 Å². The average Bonchev–Trinajstić information content (AvgIpc) is 2.03. The summed E-state index contributed by atoms with van der Waals surface area (Å²) >= 11 is 0. The van der Waals surface area contributed by atoms with Crippen molar-refractivity contribution in [3.05, 3.63) is 12.2 Å². The fraction of sp³-hybridized carbons (Fsp3) is 0.636. The number of aliphatic hydroxyl groups is 1. The van der Waals surface area contributed by atoms with Crippen molar-refractivity contribution in [3.8, 4) is 12.3 Å². The summed E-state index contributed by atoms with van der Waals surface area (Å²) in [6.07, 6.45) is 8.38. The smallest absolute Gasteiger partial charge is 0.125 e. The summed E-state index contributed by atoms with van der Waals surface area (Å²) < 4.78 is 0. The molecular formula is C11H18O. The van der Waals surface area contributed by atoms with Crippen molar-refractivity contribution in [2.45, 2.75) is 45.1 Å². The summed E-state index contributed by atoms with van der Waals surface area (Å²) in [5, 5.41) is 9.68. The summed E-state index contributed by atoms with van der Waals surface area (Å²) in [6, 6.07) is 0. The van der Waals surface area contributed by atoms with Gasteiger partial charge in [-0.25, -0.2) is 0 Å². The van der Waals surface area contributed by atoms with Crippen LogP contribution in [0.1, 0.15) is 39.5 Å². The first kappa shape index (κ1) is 11.3. The van der Waals surface area contributed by atoms with Gasteiger partial charge in [0.25, 0.3) is 0 Å². The van der Waals surface area contributed by atoms with Crippen molar-refractivity contribution >= 4 is 0 Å². The van der Waals surface area contributed by atoms with E-state index in [1.165, 1.54) is 0 Å². The summed E-state index contributed by atoms with van der Waals surface area (Å²) in [5.74, 6) is 2.43. The highest BCUT2D eigenvalue weighted by Gasteiger charge is 2.19. The van der Waals surface area contributed by atoms with Gasteiger partial charge in [-0.1, -0.05) is 18.4 Å². The first-order valence-corrected chi connectivity index (χ1v) is 4.38. The number of hydrogen-bond acceptors (Lipinski definition) is 1. The van der Waals surface area contributed by atoms with Crippen LogP contribution in [0.5, 0.6) is 0 Å². The van der Waals surface area contributed by atoms with Gasteiger partial charge in [0, 0.05) is 0 Å². The second-order valence-electron chi connectivity index (χ2n) is 3.34. The fourth-order valence-electron chi connectivity index (χ4n) is 1.03. The van der Waals surface area contributed by atoms with Gasteiger partial charge >= 0.3 is 0 Å². The van der Waals surface area contributed by atoms with E-state index in [1.54, 1.807) is 0 Å². The average molecular weight is 166 g/mol. The number of allylic oxidation sites excluding steroid dienone is 1. The molecule has 0 aromatic rings. The third-order valence-corrected chi connectivity index (χ3v) is 2.05. The largest absolute Gasteiger partial charge is 0.378 e. The third-order valence-electron chi connectivity index (χ3n) is 2.05. The van der Waals surface area contributed by atoms with E-state index in [0.717, 1.165) is 18.4 Å². The SMILES string of the molecule is C#CC(O)(CC)CCCC(=C)C. The van der Waals surface area contributed by atoms with Gasteiger partial charge in [0.1, 0.15) is 5.60 Å². The van der Waals surface area contributed by atoms with Gasteiger partial charge in [0.05, 0.1) is 0 Å². The second-order valence-corrected chi connectivity index (χ2v) is 3.34. The van der Waals surface area contributed by atoms with Crippen LogP contribution < -0.4 is 0 Å². The quantitative estimate of drug-likeness (QED) is 0.491. The Morgan fingerprint density at radius 3 is 2.58 bits per heavy atom. The summed E-state index contributed by atoms with van der Waals surface area (Å²) in [7, 11) is 0. The Morgan fingerprint density at radius 2 is 2.25 bits per heavy atom. The van der Waals surface area contributed by atoms with E-state index in [0.29, 0.717) is 12.8 Å². The van der Waals surface area contributed by atoms with E-state index in [-0.39, 0.29) is 0 Å². The molecule has 1 unspecified atom stereocenters. The molecule has 0 radical (unpaired) electrons. The molecule has 0 bridgehead atoms. The lowest BCUT2D eigenvalue weighted by Crippen LogP contribution is -2.24. The van der Waals surface area contributed by atoms with Crippen LogP contribution >= 0.6 is 0 Å². The maximum atomic E-state index is 9.68. The molecule has 0 saturated carbocycles. The molecule has 0 aliphatic heterocycles. The number of rotatable bonds is 5. The van der Waals surface area contributed by atoms with Gasteiger partial charge < -0.3 is 5.11 Å². The third kappa shape index (κ3) is 4.20. The van der Waals surface area contributed by atoms with E-state index >= 15 is 0 Å². The normalized spacial score (nSPS) is 14.8. The van der Waals surface area contributed by atoms with Gasteiger partial charge in [-0.3, -0.25) is 0 Å². The molecule has 0 fully saturated rings. The Morgan fingerprint density at radius 1 is 1.67 bits per heavy atom. The molecule has 0 aliphatic rings. The lowest BCUT2D eigenvalue weighted by Gasteiger charge is -2.19. The van der Waals surface area contributed by atoms with Gasteiger partial charge in [0.2, 0.25) is 0 Å². The Kier molecular flexibility index (Phi) is 4.70. The van der Waals surface area contributed by atoms with Crippen LogP contribution in [0.2, 0.25) is 0 Å². The van der Waals surface area contributed by atoms with E-state index in [4.69, 9.17) is 6.42 Å². The maximum Gasteiger partial charge on any atom is 0.125 e. The van der Waals surface area contributed by atoms with Gasteiger partial charge in [-0.05, 0) is 32.6 Å². The molecule has 0 rings (SSSR count). The highest BCUT2D eigenvalue weighted by atomic mass is 16.3. The minimum Gasteiger partial charge on any atom is -0.378 e. The number of terminal acetylenes is 1. The van der Waals surface area contributed by atoms with Crippen molar-refractivity contribution in [3.63, 3.8) is 0 Å². The Hall–Kier alpha value is -0.740. The first-order chi connectivity index (χ1) is 5.54. The van der Waals surface area contributed by atoms with Crippen LogP contribution in [0, 0.1) is 12.3 Å². The second kappa shape index (κ2) is 5.00. The predicted molar refractivity (Wildman–Crippen MR) is 52.7 cm³/mol. The van der Waals surface area contributed by atoms with E-state index in [2.05, 4.69) is 12.5 Å². The van der Waals surface area contributed by atoms with Gasteiger partial charge in [0.15, 0.2) is 0 Å². The molecular weight excluding hydrogens is 148 g/mol.